The lowest BCUT2D eigenvalue weighted by Gasteiger charge is -2.14. The molecule has 38 heavy (non-hydrogen) atoms. The van der Waals surface area contributed by atoms with Crippen LogP contribution in [-0.4, -0.2) is 31.5 Å². The summed E-state index contributed by atoms with van der Waals surface area (Å²) in [4.78, 5) is 37.0. The van der Waals surface area contributed by atoms with Gasteiger partial charge in [-0.15, -0.1) is 0 Å². The van der Waals surface area contributed by atoms with Crippen molar-refractivity contribution in [2.75, 3.05) is 24.4 Å². The zero-order valence-corrected chi connectivity index (χ0v) is 23.9. The van der Waals surface area contributed by atoms with Crippen LogP contribution in [0.25, 0.3) is 6.08 Å². The Balaban J connectivity index is 1.79. The van der Waals surface area contributed by atoms with E-state index in [1.165, 1.54) is 37.5 Å². The number of carbonyl (C=O) groups is 3. The molecule has 194 valence electrons. The Kier molecular flexibility index (Phi) is 9.82. The molecule has 3 rings (SSSR count). The van der Waals surface area contributed by atoms with Crippen LogP contribution in [0, 0.1) is 25.2 Å². The molecule has 0 heterocycles. The van der Waals surface area contributed by atoms with Crippen molar-refractivity contribution >= 4 is 67.1 Å². The van der Waals surface area contributed by atoms with E-state index < -0.39 is 11.9 Å². The van der Waals surface area contributed by atoms with Crippen molar-refractivity contribution in [2.45, 2.75) is 13.8 Å². The number of hydrogen-bond acceptors (Lipinski definition) is 6. The molecular weight excluding hydrogens is 618 g/mol. The Bertz CT molecular complexity index is 1460. The highest BCUT2D eigenvalue weighted by Crippen LogP contribution is 2.34. The van der Waals surface area contributed by atoms with E-state index in [0.717, 1.165) is 11.1 Å². The van der Waals surface area contributed by atoms with E-state index in [4.69, 9.17) is 4.74 Å². The molecule has 0 aliphatic rings. The second-order valence-electron chi connectivity index (χ2n) is 8.15. The van der Waals surface area contributed by atoms with E-state index >= 15 is 0 Å². The van der Waals surface area contributed by atoms with Crippen LogP contribution in [0.1, 0.15) is 27.0 Å². The molecule has 0 aromatic heterocycles. The Morgan fingerprint density at radius 1 is 1.00 bits per heavy atom. The summed E-state index contributed by atoms with van der Waals surface area (Å²) in [6, 6.07) is 17.1. The number of nitrogens with zero attached hydrogens (tertiary/aromatic N) is 1. The van der Waals surface area contributed by atoms with Crippen molar-refractivity contribution in [3.8, 4) is 11.8 Å². The van der Waals surface area contributed by atoms with Crippen LogP contribution in [0.4, 0.5) is 11.4 Å². The Hall–Kier alpha value is -3.94. The van der Waals surface area contributed by atoms with Crippen LogP contribution in [0.3, 0.4) is 0 Å². The molecule has 2 N–H and O–H groups in total. The molecule has 10 heteroatoms. The van der Waals surface area contributed by atoms with Gasteiger partial charge in [-0.25, -0.2) is 4.79 Å². The Morgan fingerprint density at radius 2 is 1.71 bits per heavy atom. The fourth-order valence-electron chi connectivity index (χ4n) is 3.34. The Labute approximate surface area is 236 Å². The molecule has 8 nitrogen and oxygen atoms in total. The summed E-state index contributed by atoms with van der Waals surface area (Å²) in [5.74, 6) is -1.24. The number of ether oxygens (including phenoxy) is 2. The predicted octanol–water partition coefficient (Wildman–Crippen LogP) is 6.18. The predicted molar refractivity (Wildman–Crippen MR) is 152 cm³/mol. The number of rotatable bonds is 8. The number of anilines is 2. The van der Waals surface area contributed by atoms with E-state index in [2.05, 4.69) is 47.2 Å². The van der Waals surface area contributed by atoms with Gasteiger partial charge in [0.15, 0.2) is 6.61 Å². The molecule has 0 atom stereocenters. The maximum absolute atomic E-state index is 12.8. The fraction of sp³-hybridized carbons (Fsp3) is 0.143. The van der Waals surface area contributed by atoms with Crippen molar-refractivity contribution in [3.05, 3.63) is 91.4 Å². The summed E-state index contributed by atoms with van der Waals surface area (Å²) in [5, 5.41) is 15.1. The molecular formula is C28H23Br2N3O5. The maximum Gasteiger partial charge on any atom is 0.337 e. The van der Waals surface area contributed by atoms with E-state index in [0.29, 0.717) is 31.4 Å². The average molecular weight is 641 g/mol. The highest BCUT2D eigenvalue weighted by molar-refractivity contribution is 9.11. The first-order chi connectivity index (χ1) is 18.1. The molecule has 3 aromatic rings. The number of aryl methyl sites for hydroxylation is 2. The van der Waals surface area contributed by atoms with Gasteiger partial charge in [0.1, 0.15) is 17.4 Å². The number of nitriles is 1. The van der Waals surface area contributed by atoms with Gasteiger partial charge in [0.25, 0.3) is 11.8 Å². The third-order valence-electron chi connectivity index (χ3n) is 5.28. The van der Waals surface area contributed by atoms with Gasteiger partial charge in [-0.1, -0.05) is 28.1 Å². The Morgan fingerprint density at radius 3 is 2.37 bits per heavy atom. The quantitative estimate of drug-likeness (QED) is 0.173. The van der Waals surface area contributed by atoms with Crippen LogP contribution in [0.2, 0.25) is 0 Å². The molecule has 2 amide bonds. The molecule has 0 bridgehead atoms. The standard InChI is InChI=1S/C28H23Br2N3O5/c1-16-4-5-17(2)24(10-16)33-25(34)15-38-26-19(12-21(29)13-23(26)30)11-20(14-31)27(35)32-22-8-6-18(7-9-22)28(36)37-3/h4-13H,15H2,1-3H3,(H,32,35)(H,33,34)/b20-11-. The summed E-state index contributed by atoms with van der Waals surface area (Å²) in [5.41, 5.74) is 3.54. The van der Waals surface area contributed by atoms with E-state index in [-0.39, 0.29) is 23.8 Å². The molecule has 0 radical (unpaired) electrons. The van der Waals surface area contributed by atoms with Gasteiger partial charge in [0.2, 0.25) is 0 Å². The van der Waals surface area contributed by atoms with E-state index in [1.807, 2.05) is 38.1 Å². The highest BCUT2D eigenvalue weighted by Gasteiger charge is 2.16. The lowest BCUT2D eigenvalue weighted by molar-refractivity contribution is -0.118. The topological polar surface area (TPSA) is 118 Å². The van der Waals surface area contributed by atoms with Crippen molar-refractivity contribution in [3.63, 3.8) is 0 Å². The minimum atomic E-state index is -0.659. The van der Waals surface area contributed by atoms with Crippen LogP contribution in [0.15, 0.2) is 69.1 Å². The largest absolute Gasteiger partial charge is 0.482 e. The number of halogens is 2. The number of methoxy groups -OCH3 is 1. The molecule has 0 saturated heterocycles. The summed E-state index contributed by atoms with van der Waals surface area (Å²) in [7, 11) is 1.28. The zero-order chi connectivity index (χ0) is 27.8. The number of amides is 2. The molecule has 0 aliphatic heterocycles. The SMILES string of the molecule is COC(=O)c1ccc(NC(=O)/C(C#N)=C\c2cc(Br)cc(Br)c2OCC(=O)Nc2cc(C)ccc2C)cc1. The molecule has 0 unspecified atom stereocenters. The fourth-order valence-corrected chi connectivity index (χ4v) is 4.72. The van der Waals surface area contributed by atoms with Gasteiger partial charge in [0, 0.05) is 21.4 Å². The lowest BCUT2D eigenvalue weighted by Crippen LogP contribution is -2.21. The summed E-state index contributed by atoms with van der Waals surface area (Å²) < 4.78 is 11.7. The molecule has 0 aliphatic carbocycles. The van der Waals surface area contributed by atoms with Crippen LogP contribution < -0.4 is 15.4 Å². The minimum Gasteiger partial charge on any atom is -0.482 e. The average Bonchev–Trinajstić information content (AvgIpc) is 2.88. The number of nitrogens with one attached hydrogen (secondary N) is 2. The van der Waals surface area contributed by atoms with Crippen LogP contribution in [0.5, 0.6) is 5.75 Å². The molecule has 0 spiro atoms. The van der Waals surface area contributed by atoms with Gasteiger partial charge in [-0.2, -0.15) is 5.26 Å². The number of carbonyl (C=O) groups excluding carboxylic acids is 3. The van der Waals surface area contributed by atoms with Gasteiger partial charge in [0.05, 0.1) is 17.1 Å². The first-order valence-electron chi connectivity index (χ1n) is 11.2. The second kappa shape index (κ2) is 13.0. The normalized spacial score (nSPS) is 10.8. The van der Waals surface area contributed by atoms with Gasteiger partial charge in [-0.05, 0) is 89.4 Å². The summed E-state index contributed by atoms with van der Waals surface area (Å²) in [6.45, 7) is 3.53. The monoisotopic (exact) mass is 639 g/mol. The van der Waals surface area contributed by atoms with Gasteiger partial charge < -0.3 is 20.1 Å². The van der Waals surface area contributed by atoms with Crippen molar-refractivity contribution in [2.24, 2.45) is 0 Å². The highest BCUT2D eigenvalue weighted by atomic mass is 79.9. The first-order valence-corrected chi connectivity index (χ1v) is 12.8. The van der Waals surface area contributed by atoms with E-state index in [1.54, 1.807) is 12.1 Å². The molecule has 3 aromatic carbocycles. The van der Waals surface area contributed by atoms with Crippen molar-refractivity contribution < 1.29 is 23.9 Å². The number of hydrogen-bond donors (Lipinski definition) is 2. The number of esters is 1. The molecule has 0 fully saturated rings. The molecule has 0 saturated carbocycles. The van der Waals surface area contributed by atoms with Crippen molar-refractivity contribution in [1.82, 2.24) is 0 Å². The van der Waals surface area contributed by atoms with E-state index in [9.17, 15) is 19.6 Å². The minimum absolute atomic E-state index is 0.197. The third kappa shape index (κ3) is 7.54. The van der Waals surface area contributed by atoms with Gasteiger partial charge >= 0.3 is 5.97 Å². The van der Waals surface area contributed by atoms with Crippen molar-refractivity contribution in [1.29, 1.82) is 5.26 Å². The van der Waals surface area contributed by atoms with Gasteiger partial charge in [-0.3, -0.25) is 9.59 Å². The van der Waals surface area contributed by atoms with Crippen LogP contribution in [-0.2, 0) is 14.3 Å². The maximum atomic E-state index is 12.8. The smallest absolute Gasteiger partial charge is 0.337 e. The summed E-state index contributed by atoms with van der Waals surface area (Å²) >= 11 is 6.82. The summed E-state index contributed by atoms with van der Waals surface area (Å²) in [6.07, 6.45) is 1.37. The number of benzene rings is 3. The first kappa shape index (κ1) is 28.6. The van der Waals surface area contributed by atoms with Crippen LogP contribution >= 0.6 is 31.9 Å². The zero-order valence-electron chi connectivity index (χ0n) is 20.7. The second-order valence-corrected chi connectivity index (χ2v) is 9.92. The third-order valence-corrected chi connectivity index (χ3v) is 6.33. The lowest BCUT2D eigenvalue weighted by atomic mass is 10.1.